The van der Waals surface area contributed by atoms with Crippen LogP contribution >= 0.6 is 31.9 Å². The minimum atomic E-state index is -0.475. The molecule has 0 spiro atoms. The van der Waals surface area contributed by atoms with E-state index in [0.29, 0.717) is 5.75 Å². The van der Waals surface area contributed by atoms with Crippen molar-refractivity contribution >= 4 is 37.8 Å². The highest BCUT2D eigenvalue weighted by molar-refractivity contribution is 9.10. The van der Waals surface area contributed by atoms with Gasteiger partial charge in [0.25, 0.3) is 0 Å². The molecule has 2 aromatic rings. The predicted octanol–water partition coefficient (Wildman–Crippen LogP) is 4.97. The van der Waals surface area contributed by atoms with Crippen LogP contribution in [0.4, 0.5) is 0 Å². The van der Waals surface area contributed by atoms with Crippen molar-refractivity contribution in [2.75, 3.05) is 0 Å². The maximum absolute atomic E-state index is 11.4. The highest BCUT2D eigenvalue weighted by Crippen LogP contribution is 2.33. The third-order valence-corrected chi connectivity index (χ3v) is 3.50. The molecule has 4 heteroatoms. The van der Waals surface area contributed by atoms with E-state index in [1.54, 1.807) is 6.07 Å². The second-order valence-corrected chi connectivity index (χ2v) is 5.60. The van der Waals surface area contributed by atoms with Crippen LogP contribution in [-0.4, -0.2) is 5.97 Å². The van der Waals surface area contributed by atoms with Gasteiger partial charge in [-0.15, -0.1) is 0 Å². The zero-order valence-corrected chi connectivity index (χ0v) is 13.1. The molecule has 0 fully saturated rings. The fraction of sp³-hybridized carbons (Fsp3) is 0. The molecular formula is C15H10Br2O2. The summed E-state index contributed by atoms with van der Waals surface area (Å²) in [5.41, 5.74) is 1.83. The van der Waals surface area contributed by atoms with Gasteiger partial charge in [-0.2, -0.15) is 0 Å². The number of halogens is 2. The van der Waals surface area contributed by atoms with Crippen molar-refractivity contribution in [2.24, 2.45) is 0 Å². The number of carbonyl (C=O) groups excluding carboxylic acids is 1. The van der Waals surface area contributed by atoms with Gasteiger partial charge in [-0.1, -0.05) is 50.6 Å². The molecule has 0 aromatic heterocycles. The Balaban J connectivity index is 2.47. The van der Waals surface area contributed by atoms with Gasteiger partial charge in [0.05, 0.1) is 0 Å². The first-order chi connectivity index (χ1) is 9.10. The summed E-state index contributed by atoms with van der Waals surface area (Å²) in [5.74, 6) is 0.0260. The molecule has 2 nitrogen and oxygen atoms in total. The monoisotopic (exact) mass is 380 g/mol. The van der Waals surface area contributed by atoms with Crippen LogP contribution < -0.4 is 4.74 Å². The largest absolute Gasteiger partial charge is 0.423 e. The minimum absolute atomic E-state index is 0.475. The topological polar surface area (TPSA) is 26.3 Å². The molecule has 0 aliphatic rings. The molecule has 0 saturated carbocycles. The SMILES string of the molecule is C=CC(=O)Oc1cc(Br)ccc1-c1ccc(Br)cc1. The van der Waals surface area contributed by atoms with Gasteiger partial charge < -0.3 is 4.74 Å². The van der Waals surface area contributed by atoms with E-state index in [4.69, 9.17) is 4.74 Å². The number of hydrogen-bond acceptors (Lipinski definition) is 2. The molecule has 0 bridgehead atoms. The normalized spacial score (nSPS) is 10.0. The highest BCUT2D eigenvalue weighted by atomic mass is 79.9. The van der Waals surface area contributed by atoms with Gasteiger partial charge >= 0.3 is 5.97 Å². The Morgan fingerprint density at radius 2 is 1.68 bits per heavy atom. The lowest BCUT2D eigenvalue weighted by atomic mass is 10.1. The summed E-state index contributed by atoms with van der Waals surface area (Å²) in [6.07, 6.45) is 1.15. The van der Waals surface area contributed by atoms with E-state index in [1.807, 2.05) is 36.4 Å². The maximum atomic E-state index is 11.4. The average molecular weight is 382 g/mol. The number of rotatable bonds is 3. The van der Waals surface area contributed by atoms with Crippen LogP contribution in [0.3, 0.4) is 0 Å². The number of carbonyl (C=O) groups is 1. The molecule has 0 aliphatic heterocycles. The van der Waals surface area contributed by atoms with Crippen molar-refractivity contribution in [2.45, 2.75) is 0 Å². The summed E-state index contributed by atoms with van der Waals surface area (Å²) in [7, 11) is 0. The molecular weight excluding hydrogens is 372 g/mol. The highest BCUT2D eigenvalue weighted by Gasteiger charge is 2.09. The Hall–Kier alpha value is -1.39. The third-order valence-electron chi connectivity index (χ3n) is 2.48. The minimum Gasteiger partial charge on any atom is -0.423 e. The van der Waals surface area contributed by atoms with Gasteiger partial charge in [-0.25, -0.2) is 4.79 Å². The average Bonchev–Trinajstić information content (AvgIpc) is 2.40. The first-order valence-electron chi connectivity index (χ1n) is 5.50. The van der Waals surface area contributed by atoms with E-state index < -0.39 is 5.97 Å². The molecule has 0 saturated heterocycles. The summed E-state index contributed by atoms with van der Waals surface area (Å²) in [6.45, 7) is 3.40. The zero-order valence-electron chi connectivity index (χ0n) is 9.90. The van der Waals surface area contributed by atoms with Gasteiger partial charge in [0, 0.05) is 20.6 Å². The molecule has 19 heavy (non-hydrogen) atoms. The van der Waals surface area contributed by atoms with Crippen molar-refractivity contribution in [1.82, 2.24) is 0 Å². The van der Waals surface area contributed by atoms with E-state index in [0.717, 1.165) is 26.1 Å². The van der Waals surface area contributed by atoms with E-state index >= 15 is 0 Å². The second-order valence-electron chi connectivity index (χ2n) is 3.77. The van der Waals surface area contributed by atoms with Crippen molar-refractivity contribution in [1.29, 1.82) is 0 Å². The quantitative estimate of drug-likeness (QED) is 0.426. The molecule has 0 heterocycles. The Bertz CT molecular complexity index is 619. The molecule has 0 N–H and O–H groups in total. The Morgan fingerprint density at radius 1 is 1.05 bits per heavy atom. The Morgan fingerprint density at radius 3 is 2.32 bits per heavy atom. The molecule has 0 amide bonds. The van der Waals surface area contributed by atoms with Crippen LogP contribution in [0.15, 0.2) is 64.1 Å². The third kappa shape index (κ3) is 3.55. The van der Waals surface area contributed by atoms with Gasteiger partial charge in [-0.3, -0.25) is 0 Å². The summed E-state index contributed by atoms with van der Waals surface area (Å²) in [4.78, 5) is 11.4. The van der Waals surface area contributed by atoms with E-state index in [2.05, 4.69) is 38.4 Å². The lowest BCUT2D eigenvalue weighted by Gasteiger charge is -2.10. The number of hydrogen-bond donors (Lipinski definition) is 0. The van der Waals surface area contributed by atoms with Gasteiger partial charge in [-0.05, 0) is 35.9 Å². The van der Waals surface area contributed by atoms with E-state index in [9.17, 15) is 4.79 Å². The molecule has 96 valence electrons. The molecule has 2 aromatic carbocycles. The fourth-order valence-corrected chi connectivity index (χ4v) is 2.20. The molecule has 2 rings (SSSR count). The smallest absolute Gasteiger partial charge is 0.335 e. The Labute approximate surface area is 128 Å². The number of esters is 1. The lowest BCUT2D eigenvalue weighted by Crippen LogP contribution is -2.04. The molecule has 0 aliphatic carbocycles. The first-order valence-corrected chi connectivity index (χ1v) is 7.08. The molecule has 0 unspecified atom stereocenters. The second kappa shape index (κ2) is 6.17. The van der Waals surface area contributed by atoms with Crippen molar-refractivity contribution in [3.63, 3.8) is 0 Å². The van der Waals surface area contributed by atoms with Gasteiger partial charge in [0.15, 0.2) is 0 Å². The number of benzene rings is 2. The van der Waals surface area contributed by atoms with Gasteiger partial charge in [0.1, 0.15) is 5.75 Å². The number of ether oxygens (including phenoxy) is 1. The van der Waals surface area contributed by atoms with Crippen LogP contribution in [0.2, 0.25) is 0 Å². The zero-order chi connectivity index (χ0) is 13.8. The van der Waals surface area contributed by atoms with Crippen LogP contribution in [0.1, 0.15) is 0 Å². The fourth-order valence-electron chi connectivity index (χ4n) is 1.60. The Kier molecular flexibility index (Phi) is 4.56. The summed E-state index contributed by atoms with van der Waals surface area (Å²) in [5, 5.41) is 0. The summed E-state index contributed by atoms with van der Waals surface area (Å²) < 4.78 is 7.11. The first kappa shape index (κ1) is 14.0. The van der Waals surface area contributed by atoms with Crippen LogP contribution in [-0.2, 0) is 4.79 Å². The van der Waals surface area contributed by atoms with Crippen LogP contribution in [0, 0.1) is 0 Å². The lowest BCUT2D eigenvalue weighted by molar-refractivity contribution is -0.128. The van der Waals surface area contributed by atoms with Crippen molar-refractivity contribution < 1.29 is 9.53 Å². The standard InChI is InChI=1S/C15H10Br2O2/c1-2-15(18)19-14-9-12(17)7-8-13(14)10-3-5-11(16)6-4-10/h2-9H,1H2. The molecule has 0 atom stereocenters. The van der Waals surface area contributed by atoms with Gasteiger partial charge in [0.2, 0.25) is 0 Å². The predicted molar refractivity (Wildman–Crippen MR) is 83.1 cm³/mol. The van der Waals surface area contributed by atoms with Crippen molar-refractivity contribution in [3.8, 4) is 16.9 Å². The molecule has 0 radical (unpaired) electrons. The maximum Gasteiger partial charge on any atom is 0.335 e. The summed E-state index contributed by atoms with van der Waals surface area (Å²) >= 11 is 6.76. The van der Waals surface area contributed by atoms with E-state index in [1.165, 1.54) is 0 Å². The summed E-state index contributed by atoms with van der Waals surface area (Å²) in [6, 6.07) is 13.4. The van der Waals surface area contributed by atoms with Crippen LogP contribution in [0.25, 0.3) is 11.1 Å². The van der Waals surface area contributed by atoms with Crippen molar-refractivity contribution in [3.05, 3.63) is 64.1 Å². The van der Waals surface area contributed by atoms with E-state index in [-0.39, 0.29) is 0 Å². The van der Waals surface area contributed by atoms with Crippen LogP contribution in [0.5, 0.6) is 5.75 Å².